The van der Waals surface area contributed by atoms with E-state index < -0.39 is 6.04 Å². The molecule has 94 valence electrons. The molecule has 1 unspecified atom stereocenters. The molecule has 2 aromatic rings. The number of carbonyl (C=O) groups excluding carboxylic acids is 1. The molecule has 0 aliphatic heterocycles. The minimum atomic E-state index is -0.617. The number of nitrogens with two attached hydrogens (primary N) is 1. The number of benzene rings is 1. The fraction of sp³-hybridized carbons (Fsp3) is 0.231. The largest absolute Gasteiger partial charge is 0.353 e. The van der Waals surface area contributed by atoms with E-state index in [-0.39, 0.29) is 5.91 Å². The third-order valence-electron chi connectivity index (χ3n) is 2.67. The van der Waals surface area contributed by atoms with Gasteiger partial charge in [-0.15, -0.1) is 0 Å². The van der Waals surface area contributed by atoms with Crippen molar-refractivity contribution in [3.63, 3.8) is 0 Å². The molecule has 0 aliphatic carbocycles. The SMILES string of the molecule is NC(C(=O)NCCn1ccnc1)c1ccccc1. The number of rotatable bonds is 5. The molecular formula is C13H16N4O. The number of nitrogens with one attached hydrogen (secondary N) is 1. The van der Waals surface area contributed by atoms with E-state index in [4.69, 9.17) is 5.73 Å². The monoisotopic (exact) mass is 244 g/mol. The number of aromatic nitrogens is 2. The number of amides is 1. The van der Waals surface area contributed by atoms with Gasteiger partial charge in [0.15, 0.2) is 0 Å². The topological polar surface area (TPSA) is 72.9 Å². The van der Waals surface area contributed by atoms with Crippen molar-refractivity contribution in [1.29, 1.82) is 0 Å². The van der Waals surface area contributed by atoms with Crippen molar-refractivity contribution < 1.29 is 4.79 Å². The summed E-state index contributed by atoms with van der Waals surface area (Å²) in [6, 6.07) is 8.71. The second-order valence-corrected chi connectivity index (χ2v) is 3.98. The van der Waals surface area contributed by atoms with Crippen LogP contribution in [0, 0.1) is 0 Å². The van der Waals surface area contributed by atoms with Crippen LogP contribution >= 0.6 is 0 Å². The third-order valence-corrected chi connectivity index (χ3v) is 2.67. The fourth-order valence-corrected chi connectivity index (χ4v) is 1.65. The molecule has 0 saturated carbocycles. The second kappa shape index (κ2) is 5.97. The summed E-state index contributed by atoms with van der Waals surface area (Å²) in [6.07, 6.45) is 5.27. The summed E-state index contributed by atoms with van der Waals surface area (Å²) in [4.78, 5) is 15.7. The first-order valence-corrected chi connectivity index (χ1v) is 5.81. The quantitative estimate of drug-likeness (QED) is 0.813. The van der Waals surface area contributed by atoms with E-state index in [1.54, 1.807) is 12.5 Å². The molecule has 0 bridgehead atoms. The molecule has 3 N–H and O–H groups in total. The van der Waals surface area contributed by atoms with Crippen LogP contribution in [0.1, 0.15) is 11.6 Å². The van der Waals surface area contributed by atoms with Crippen LogP contribution in [0.5, 0.6) is 0 Å². The average molecular weight is 244 g/mol. The Morgan fingerprint density at radius 1 is 1.39 bits per heavy atom. The van der Waals surface area contributed by atoms with Gasteiger partial charge < -0.3 is 15.6 Å². The standard InChI is InChI=1S/C13H16N4O/c14-12(11-4-2-1-3-5-11)13(18)16-7-9-17-8-6-15-10-17/h1-6,8,10,12H,7,9,14H2,(H,16,18). The van der Waals surface area contributed by atoms with Crippen molar-refractivity contribution in [2.45, 2.75) is 12.6 Å². The molecule has 0 fully saturated rings. The van der Waals surface area contributed by atoms with E-state index >= 15 is 0 Å². The average Bonchev–Trinajstić information content (AvgIpc) is 2.92. The number of imidazole rings is 1. The molecule has 0 aliphatic rings. The van der Waals surface area contributed by atoms with Gasteiger partial charge in [0.25, 0.3) is 0 Å². The first-order valence-electron chi connectivity index (χ1n) is 5.81. The minimum absolute atomic E-state index is 0.165. The number of hydrogen-bond donors (Lipinski definition) is 2. The van der Waals surface area contributed by atoms with Gasteiger partial charge in [-0.1, -0.05) is 30.3 Å². The van der Waals surface area contributed by atoms with E-state index in [0.717, 1.165) is 5.56 Å². The van der Waals surface area contributed by atoms with Gasteiger partial charge in [-0.3, -0.25) is 4.79 Å². The minimum Gasteiger partial charge on any atom is -0.353 e. The molecule has 0 radical (unpaired) electrons. The Kier molecular flexibility index (Phi) is 4.09. The number of carbonyl (C=O) groups is 1. The summed E-state index contributed by atoms with van der Waals surface area (Å²) in [5.74, 6) is -0.165. The smallest absolute Gasteiger partial charge is 0.241 e. The van der Waals surface area contributed by atoms with E-state index in [0.29, 0.717) is 13.1 Å². The zero-order valence-corrected chi connectivity index (χ0v) is 9.99. The summed E-state index contributed by atoms with van der Waals surface area (Å²) in [6.45, 7) is 1.23. The molecule has 5 nitrogen and oxygen atoms in total. The van der Waals surface area contributed by atoms with Gasteiger partial charge in [-0.2, -0.15) is 0 Å². The Morgan fingerprint density at radius 2 is 2.17 bits per heavy atom. The molecule has 18 heavy (non-hydrogen) atoms. The highest BCUT2D eigenvalue weighted by Crippen LogP contribution is 2.08. The Labute approximate surface area is 106 Å². The first-order chi connectivity index (χ1) is 8.77. The predicted octanol–water partition coefficient (Wildman–Crippen LogP) is 0.699. The Bertz CT molecular complexity index is 481. The normalized spacial score (nSPS) is 12.1. The Balaban J connectivity index is 1.81. The summed E-state index contributed by atoms with van der Waals surface area (Å²) >= 11 is 0. The van der Waals surface area contributed by atoms with Gasteiger partial charge in [-0.05, 0) is 5.56 Å². The lowest BCUT2D eigenvalue weighted by Crippen LogP contribution is -2.35. The Hall–Kier alpha value is -2.14. The second-order valence-electron chi connectivity index (χ2n) is 3.98. The van der Waals surface area contributed by atoms with Gasteiger partial charge in [0.05, 0.1) is 6.33 Å². The van der Waals surface area contributed by atoms with Crippen LogP contribution in [0.4, 0.5) is 0 Å². The first kappa shape index (κ1) is 12.3. The maximum Gasteiger partial charge on any atom is 0.241 e. The summed E-state index contributed by atoms with van der Waals surface area (Å²) < 4.78 is 1.90. The van der Waals surface area contributed by atoms with Gasteiger partial charge in [0.1, 0.15) is 6.04 Å². The van der Waals surface area contributed by atoms with Crippen LogP contribution in [0.25, 0.3) is 0 Å². The zero-order valence-electron chi connectivity index (χ0n) is 9.99. The molecule has 1 heterocycles. The van der Waals surface area contributed by atoms with E-state index in [1.807, 2.05) is 41.1 Å². The van der Waals surface area contributed by atoms with Crippen LogP contribution in [-0.4, -0.2) is 22.0 Å². The fourth-order valence-electron chi connectivity index (χ4n) is 1.65. The van der Waals surface area contributed by atoms with E-state index in [1.165, 1.54) is 0 Å². The van der Waals surface area contributed by atoms with Gasteiger partial charge in [0.2, 0.25) is 5.91 Å². The molecule has 0 spiro atoms. The van der Waals surface area contributed by atoms with Crippen LogP contribution in [0.2, 0.25) is 0 Å². The van der Waals surface area contributed by atoms with Gasteiger partial charge in [0, 0.05) is 25.5 Å². The summed E-state index contributed by atoms with van der Waals surface area (Å²) in [7, 11) is 0. The lowest BCUT2D eigenvalue weighted by atomic mass is 10.1. The molecule has 1 amide bonds. The molecule has 2 rings (SSSR count). The predicted molar refractivity (Wildman–Crippen MR) is 68.6 cm³/mol. The maximum atomic E-state index is 11.8. The lowest BCUT2D eigenvalue weighted by Gasteiger charge is -2.12. The molecule has 0 saturated heterocycles. The van der Waals surface area contributed by atoms with Crippen molar-refractivity contribution in [3.05, 3.63) is 54.6 Å². The number of hydrogen-bond acceptors (Lipinski definition) is 3. The molecule has 1 atom stereocenters. The molecule has 5 heteroatoms. The van der Waals surface area contributed by atoms with Crippen molar-refractivity contribution >= 4 is 5.91 Å². The van der Waals surface area contributed by atoms with Gasteiger partial charge in [-0.25, -0.2) is 4.98 Å². The van der Waals surface area contributed by atoms with Crippen LogP contribution in [-0.2, 0) is 11.3 Å². The molecular weight excluding hydrogens is 228 g/mol. The maximum absolute atomic E-state index is 11.8. The van der Waals surface area contributed by atoms with Crippen molar-refractivity contribution in [2.24, 2.45) is 5.73 Å². The Morgan fingerprint density at radius 3 is 2.83 bits per heavy atom. The van der Waals surface area contributed by atoms with Crippen LogP contribution in [0.15, 0.2) is 49.1 Å². The van der Waals surface area contributed by atoms with Crippen LogP contribution in [0.3, 0.4) is 0 Å². The van der Waals surface area contributed by atoms with E-state index in [2.05, 4.69) is 10.3 Å². The highest BCUT2D eigenvalue weighted by molar-refractivity contribution is 5.82. The zero-order chi connectivity index (χ0) is 12.8. The van der Waals surface area contributed by atoms with Crippen molar-refractivity contribution in [2.75, 3.05) is 6.54 Å². The highest BCUT2D eigenvalue weighted by atomic mass is 16.2. The van der Waals surface area contributed by atoms with Gasteiger partial charge >= 0.3 is 0 Å². The lowest BCUT2D eigenvalue weighted by molar-refractivity contribution is -0.122. The van der Waals surface area contributed by atoms with Crippen molar-refractivity contribution in [3.8, 4) is 0 Å². The highest BCUT2D eigenvalue weighted by Gasteiger charge is 2.14. The van der Waals surface area contributed by atoms with E-state index in [9.17, 15) is 4.79 Å². The van der Waals surface area contributed by atoms with Crippen molar-refractivity contribution in [1.82, 2.24) is 14.9 Å². The third kappa shape index (κ3) is 3.18. The number of nitrogens with zero attached hydrogens (tertiary/aromatic N) is 2. The summed E-state index contributed by atoms with van der Waals surface area (Å²) in [5, 5.41) is 2.81. The molecule has 1 aromatic heterocycles. The van der Waals surface area contributed by atoms with Crippen LogP contribution < -0.4 is 11.1 Å². The molecule has 1 aromatic carbocycles. The summed E-state index contributed by atoms with van der Waals surface area (Å²) in [5.41, 5.74) is 6.68.